The number of hydrogen-bond acceptors (Lipinski definition) is 6. The lowest BCUT2D eigenvalue weighted by atomic mass is 10.0. The van der Waals surface area contributed by atoms with Crippen LogP contribution in [0.15, 0.2) is 73.6 Å². The molecule has 1 saturated heterocycles. The fourth-order valence-electron chi connectivity index (χ4n) is 4.21. The van der Waals surface area contributed by atoms with Gasteiger partial charge in [-0.15, -0.1) is 0 Å². The summed E-state index contributed by atoms with van der Waals surface area (Å²) >= 11 is 0. The summed E-state index contributed by atoms with van der Waals surface area (Å²) in [6, 6.07) is 16.5. The number of nitrogens with two attached hydrogens (primary N) is 1. The normalized spacial score (nSPS) is 14.4. The Morgan fingerprint density at radius 2 is 1.76 bits per heavy atom. The predicted octanol–water partition coefficient (Wildman–Crippen LogP) is 4.85. The zero-order chi connectivity index (χ0) is 23.7. The Morgan fingerprint density at radius 3 is 2.56 bits per heavy atom. The zero-order valence-electron chi connectivity index (χ0n) is 19.1. The van der Waals surface area contributed by atoms with E-state index in [1.807, 2.05) is 42.7 Å². The molecule has 1 fully saturated rings. The molecule has 1 aliphatic heterocycles. The quantitative estimate of drug-likeness (QED) is 0.420. The molecule has 0 unspecified atom stereocenters. The van der Waals surface area contributed by atoms with Crippen LogP contribution in [0.1, 0.15) is 5.56 Å². The highest BCUT2D eigenvalue weighted by Crippen LogP contribution is 2.28. The number of nitrogen functional groups attached to an aromatic ring is 1. The Labute approximate surface area is 198 Å². The van der Waals surface area contributed by atoms with E-state index in [9.17, 15) is 4.39 Å². The molecule has 5 rings (SSSR count). The molecule has 3 heterocycles. The highest BCUT2D eigenvalue weighted by Gasteiger charge is 2.16. The highest BCUT2D eigenvalue weighted by atomic mass is 19.1. The van der Waals surface area contributed by atoms with Crippen LogP contribution in [0.5, 0.6) is 0 Å². The van der Waals surface area contributed by atoms with Gasteiger partial charge in [0.15, 0.2) is 0 Å². The number of rotatable bonds is 5. The van der Waals surface area contributed by atoms with Gasteiger partial charge in [0.1, 0.15) is 17.5 Å². The molecule has 4 aromatic rings. The second-order valence-electron chi connectivity index (χ2n) is 8.70. The SMILES string of the molecule is C=C(Nc1cc2cc(-c3cc(N)cc(F)c3)ccc2cn1)c1ccnc(N2CCN(C)CC2)c1. The van der Waals surface area contributed by atoms with E-state index in [0.717, 1.165) is 65.2 Å². The molecule has 7 heteroatoms. The van der Waals surface area contributed by atoms with Crippen molar-refractivity contribution in [2.45, 2.75) is 0 Å². The number of fused-ring (bicyclic) bond motifs is 1. The Balaban J connectivity index is 1.37. The molecule has 6 nitrogen and oxygen atoms in total. The van der Waals surface area contributed by atoms with Crippen LogP contribution in [0.2, 0.25) is 0 Å². The first kappa shape index (κ1) is 21.9. The second kappa shape index (κ2) is 9.11. The fourth-order valence-corrected chi connectivity index (χ4v) is 4.21. The summed E-state index contributed by atoms with van der Waals surface area (Å²) in [5, 5.41) is 5.30. The number of piperazine rings is 1. The van der Waals surface area contributed by atoms with Crippen molar-refractivity contribution in [1.82, 2.24) is 14.9 Å². The maximum Gasteiger partial charge on any atom is 0.130 e. The van der Waals surface area contributed by atoms with Crippen LogP contribution in [0.25, 0.3) is 27.6 Å². The maximum atomic E-state index is 13.8. The summed E-state index contributed by atoms with van der Waals surface area (Å²) in [5.74, 6) is 1.29. The van der Waals surface area contributed by atoms with Crippen LogP contribution in [-0.2, 0) is 0 Å². The van der Waals surface area contributed by atoms with Crippen LogP contribution < -0.4 is 16.0 Å². The Kier molecular flexibility index (Phi) is 5.86. The van der Waals surface area contributed by atoms with Gasteiger partial charge < -0.3 is 20.9 Å². The molecule has 172 valence electrons. The smallest absolute Gasteiger partial charge is 0.130 e. The molecule has 0 aliphatic carbocycles. The van der Waals surface area contributed by atoms with E-state index in [0.29, 0.717) is 11.5 Å². The van der Waals surface area contributed by atoms with Gasteiger partial charge >= 0.3 is 0 Å². The average molecular weight is 455 g/mol. The summed E-state index contributed by atoms with van der Waals surface area (Å²) < 4.78 is 13.8. The highest BCUT2D eigenvalue weighted by molar-refractivity contribution is 5.90. The molecular formula is C27H27FN6. The number of pyridine rings is 2. The van der Waals surface area contributed by atoms with E-state index >= 15 is 0 Å². The molecule has 1 aliphatic rings. The topological polar surface area (TPSA) is 70.3 Å². The fraction of sp³-hybridized carbons (Fsp3) is 0.185. The summed E-state index contributed by atoms with van der Waals surface area (Å²) in [7, 11) is 2.14. The Bertz CT molecular complexity index is 1340. The van der Waals surface area contributed by atoms with E-state index < -0.39 is 0 Å². The minimum absolute atomic E-state index is 0.350. The van der Waals surface area contributed by atoms with Gasteiger partial charge in [0.2, 0.25) is 0 Å². The van der Waals surface area contributed by atoms with Gasteiger partial charge in [-0.2, -0.15) is 0 Å². The lowest BCUT2D eigenvalue weighted by Gasteiger charge is -2.33. The number of likely N-dealkylation sites (N-methyl/N-ethyl adjacent to an activating group) is 1. The van der Waals surface area contributed by atoms with Crippen LogP contribution in [-0.4, -0.2) is 48.1 Å². The Morgan fingerprint density at radius 1 is 0.941 bits per heavy atom. The van der Waals surface area contributed by atoms with E-state index in [2.05, 4.69) is 44.8 Å². The summed E-state index contributed by atoms with van der Waals surface area (Å²) in [5.41, 5.74) is 9.57. The van der Waals surface area contributed by atoms with Crippen molar-refractivity contribution in [3.05, 3.63) is 85.0 Å². The third-order valence-corrected chi connectivity index (χ3v) is 6.18. The number of benzene rings is 2. The molecule has 3 N–H and O–H groups in total. The predicted molar refractivity (Wildman–Crippen MR) is 138 cm³/mol. The van der Waals surface area contributed by atoms with Crippen LogP contribution in [0, 0.1) is 5.82 Å². The molecule has 0 bridgehead atoms. The van der Waals surface area contributed by atoms with Crippen molar-refractivity contribution in [2.75, 3.05) is 49.2 Å². The molecule has 0 radical (unpaired) electrons. The summed E-state index contributed by atoms with van der Waals surface area (Å²) in [4.78, 5) is 13.7. The van der Waals surface area contributed by atoms with Crippen molar-refractivity contribution in [1.29, 1.82) is 0 Å². The van der Waals surface area contributed by atoms with Crippen LogP contribution in [0.3, 0.4) is 0 Å². The third kappa shape index (κ3) is 4.70. The first-order chi connectivity index (χ1) is 16.4. The summed E-state index contributed by atoms with van der Waals surface area (Å²) in [6.45, 7) is 8.18. The molecule has 0 saturated carbocycles. The molecule has 2 aromatic heterocycles. The van der Waals surface area contributed by atoms with Gasteiger partial charge in [0.25, 0.3) is 0 Å². The molecule has 0 amide bonds. The number of hydrogen-bond donors (Lipinski definition) is 2. The van der Waals surface area contributed by atoms with E-state index in [1.54, 1.807) is 6.07 Å². The molecule has 34 heavy (non-hydrogen) atoms. The van der Waals surface area contributed by atoms with Crippen molar-refractivity contribution in [3.8, 4) is 11.1 Å². The monoisotopic (exact) mass is 454 g/mol. The standard InChI is InChI=1S/C27H27FN6/c1-18(19-5-6-30-27(15-19)34-9-7-33(2)8-10-34)32-26-14-22-11-20(3-4-21(22)17-31-26)23-12-24(28)16-25(29)13-23/h3-6,11-17H,1,7-10,29H2,2H3,(H,31,32). The van der Waals surface area contributed by atoms with Crippen LogP contribution in [0.4, 0.5) is 21.7 Å². The molecule has 0 spiro atoms. The van der Waals surface area contributed by atoms with Crippen molar-refractivity contribution < 1.29 is 4.39 Å². The second-order valence-corrected chi connectivity index (χ2v) is 8.70. The third-order valence-electron chi connectivity index (χ3n) is 6.18. The number of halogens is 1. The van der Waals surface area contributed by atoms with Gasteiger partial charge in [-0.25, -0.2) is 14.4 Å². The Hall–Kier alpha value is -3.97. The van der Waals surface area contributed by atoms with Gasteiger partial charge in [0.05, 0.1) is 0 Å². The average Bonchev–Trinajstić information content (AvgIpc) is 2.83. The minimum Gasteiger partial charge on any atom is -0.399 e. The van der Waals surface area contributed by atoms with Gasteiger partial charge in [-0.05, 0) is 66.0 Å². The van der Waals surface area contributed by atoms with Gasteiger partial charge in [-0.1, -0.05) is 18.7 Å². The van der Waals surface area contributed by atoms with Gasteiger partial charge in [-0.3, -0.25) is 0 Å². The molecular weight excluding hydrogens is 427 g/mol. The minimum atomic E-state index is -0.350. The zero-order valence-corrected chi connectivity index (χ0v) is 19.1. The summed E-state index contributed by atoms with van der Waals surface area (Å²) in [6.07, 6.45) is 3.64. The van der Waals surface area contributed by atoms with Crippen LogP contribution >= 0.6 is 0 Å². The number of nitrogens with zero attached hydrogens (tertiary/aromatic N) is 4. The number of anilines is 3. The van der Waals surface area contributed by atoms with Crippen molar-refractivity contribution in [3.63, 3.8) is 0 Å². The van der Waals surface area contributed by atoms with E-state index in [-0.39, 0.29) is 5.82 Å². The first-order valence-corrected chi connectivity index (χ1v) is 11.3. The first-order valence-electron chi connectivity index (χ1n) is 11.3. The lowest BCUT2D eigenvalue weighted by Crippen LogP contribution is -2.44. The number of nitrogens with one attached hydrogen (secondary N) is 1. The van der Waals surface area contributed by atoms with Gasteiger partial charge in [0, 0.05) is 60.9 Å². The molecule has 2 aromatic carbocycles. The largest absolute Gasteiger partial charge is 0.399 e. The number of aromatic nitrogens is 2. The molecule has 0 atom stereocenters. The van der Waals surface area contributed by atoms with E-state index in [1.165, 1.54) is 12.1 Å². The maximum absolute atomic E-state index is 13.8. The lowest BCUT2D eigenvalue weighted by molar-refractivity contribution is 0.312. The van der Waals surface area contributed by atoms with Crippen molar-refractivity contribution in [2.24, 2.45) is 0 Å². The van der Waals surface area contributed by atoms with E-state index in [4.69, 9.17) is 5.73 Å². The van der Waals surface area contributed by atoms with Crippen molar-refractivity contribution >= 4 is 33.8 Å².